The van der Waals surface area contributed by atoms with Crippen LogP contribution in [0.2, 0.25) is 0 Å². The molecule has 0 amide bonds. The van der Waals surface area contributed by atoms with E-state index in [-0.39, 0.29) is 4.90 Å². The van der Waals surface area contributed by atoms with Crippen LogP contribution < -0.4 is 4.72 Å². The van der Waals surface area contributed by atoms with Crippen molar-refractivity contribution in [1.29, 1.82) is 0 Å². The lowest BCUT2D eigenvalue weighted by Crippen LogP contribution is -2.14. The molecule has 0 unspecified atom stereocenters. The van der Waals surface area contributed by atoms with Crippen molar-refractivity contribution in [3.05, 3.63) is 72.2 Å². The maximum Gasteiger partial charge on any atom is 0.263 e. The van der Waals surface area contributed by atoms with E-state index in [9.17, 15) is 8.42 Å². The molecule has 1 aromatic carbocycles. The topological polar surface area (TPSA) is 76.9 Å². The lowest BCUT2D eigenvalue weighted by molar-refractivity contribution is 0.443. The Kier molecular flexibility index (Phi) is 5.43. The Balaban J connectivity index is 1.44. The molecule has 0 spiro atoms. The summed E-state index contributed by atoms with van der Waals surface area (Å²) in [5.74, 6) is 0.855. The molecular formula is C21H24N4O2S. The first-order valence-corrected chi connectivity index (χ1v) is 11.1. The second kappa shape index (κ2) is 8.14. The van der Waals surface area contributed by atoms with Gasteiger partial charge in [0.25, 0.3) is 10.0 Å². The molecule has 1 fully saturated rings. The number of benzene rings is 1. The van der Waals surface area contributed by atoms with Crippen LogP contribution >= 0.6 is 0 Å². The van der Waals surface area contributed by atoms with Gasteiger partial charge in [0.1, 0.15) is 0 Å². The van der Waals surface area contributed by atoms with Crippen LogP contribution in [0.25, 0.3) is 0 Å². The Bertz CT molecular complexity index is 1010. The lowest BCUT2D eigenvalue weighted by atomic mass is 9.84. The SMILES string of the molecule is O=S(=O)(Nc1ccn(Cc2ccccn2)n1)c1ccc(C2CCCCC2)cc1. The van der Waals surface area contributed by atoms with Gasteiger partial charge in [-0.3, -0.25) is 14.4 Å². The van der Waals surface area contributed by atoms with E-state index >= 15 is 0 Å². The fourth-order valence-electron chi connectivity index (χ4n) is 3.71. The van der Waals surface area contributed by atoms with Gasteiger partial charge in [-0.25, -0.2) is 8.42 Å². The molecule has 0 radical (unpaired) electrons. The summed E-state index contributed by atoms with van der Waals surface area (Å²) in [5.41, 5.74) is 2.09. The highest BCUT2D eigenvalue weighted by molar-refractivity contribution is 7.92. The van der Waals surface area contributed by atoms with E-state index in [1.54, 1.807) is 35.3 Å². The maximum atomic E-state index is 12.7. The number of anilines is 1. The number of aromatic nitrogens is 3. The molecule has 1 aliphatic carbocycles. The fourth-order valence-corrected chi connectivity index (χ4v) is 4.71. The molecule has 6 nitrogen and oxygen atoms in total. The highest BCUT2D eigenvalue weighted by Crippen LogP contribution is 2.33. The molecule has 1 aliphatic rings. The minimum Gasteiger partial charge on any atom is -0.265 e. The first kappa shape index (κ1) is 18.7. The largest absolute Gasteiger partial charge is 0.265 e. The molecular weight excluding hydrogens is 372 g/mol. The van der Waals surface area contributed by atoms with Crippen molar-refractivity contribution in [3.8, 4) is 0 Å². The molecule has 0 bridgehead atoms. The monoisotopic (exact) mass is 396 g/mol. The number of nitrogens with zero attached hydrogens (tertiary/aromatic N) is 3. The molecule has 2 heterocycles. The van der Waals surface area contributed by atoms with Crippen LogP contribution in [0.1, 0.15) is 49.3 Å². The standard InChI is InChI=1S/C21H24N4O2S/c26-28(27,20-11-9-18(10-12-20)17-6-2-1-3-7-17)24-21-13-15-25(23-21)16-19-8-4-5-14-22-19/h4-5,8-15,17H,1-3,6-7,16H2,(H,23,24). The van der Waals surface area contributed by atoms with Gasteiger partial charge in [0, 0.05) is 18.5 Å². The van der Waals surface area contributed by atoms with E-state index in [4.69, 9.17) is 0 Å². The van der Waals surface area contributed by atoms with Crippen molar-refractivity contribution in [3.63, 3.8) is 0 Å². The molecule has 1 saturated carbocycles. The minimum atomic E-state index is -3.66. The molecule has 7 heteroatoms. The van der Waals surface area contributed by atoms with E-state index in [1.165, 1.54) is 37.7 Å². The number of hydrogen-bond donors (Lipinski definition) is 1. The number of pyridine rings is 1. The van der Waals surface area contributed by atoms with Crippen LogP contribution in [0.15, 0.2) is 65.8 Å². The van der Waals surface area contributed by atoms with Gasteiger partial charge >= 0.3 is 0 Å². The van der Waals surface area contributed by atoms with Crippen molar-refractivity contribution < 1.29 is 8.42 Å². The zero-order chi connectivity index (χ0) is 19.4. The Morgan fingerprint density at radius 1 is 1.00 bits per heavy atom. The summed E-state index contributed by atoms with van der Waals surface area (Å²) in [4.78, 5) is 4.51. The minimum absolute atomic E-state index is 0.256. The number of sulfonamides is 1. The van der Waals surface area contributed by atoms with E-state index in [2.05, 4.69) is 14.8 Å². The Morgan fingerprint density at radius 3 is 2.50 bits per heavy atom. The highest BCUT2D eigenvalue weighted by atomic mass is 32.2. The molecule has 0 atom stereocenters. The summed E-state index contributed by atoms with van der Waals surface area (Å²) in [6.45, 7) is 0.485. The molecule has 28 heavy (non-hydrogen) atoms. The van der Waals surface area contributed by atoms with Gasteiger partial charge in [0.05, 0.1) is 17.1 Å². The third kappa shape index (κ3) is 4.42. The summed E-state index contributed by atoms with van der Waals surface area (Å²) in [6, 6.07) is 14.6. The molecule has 0 saturated heterocycles. The van der Waals surface area contributed by atoms with Gasteiger partial charge in [0.15, 0.2) is 5.82 Å². The van der Waals surface area contributed by atoms with Crippen LogP contribution in [-0.4, -0.2) is 23.2 Å². The van der Waals surface area contributed by atoms with Crippen LogP contribution in [0, 0.1) is 0 Å². The summed E-state index contributed by atoms with van der Waals surface area (Å²) in [6.07, 6.45) is 9.66. The van der Waals surface area contributed by atoms with Crippen LogP contribution in [0.4, 0.5) is 5.82 Å². The molecule has 3 aromatic rings. The quantitative estimate of drug-likeness (QED) is 0.678. The highest BCUT2D eigenvalue weighted by Gasteiger charge is 2.19. The van der Waals surface area contributed by atoms with Crippen LogP contribution in [0.5, 0.6) is 0 Å². The maximum absolute atomic E-state index is 12.7. The van der Waals surface area contributed by atoms with Crippen molar-refractivity contribution >= 4 is 15.8 Å². The Morgan fingerprint density at radius 2 is 1.79 bits per heavy atom. The number of hydrogen-bond acceptors (Lipinski definition) is 4. The van der Waals surface area contributed by atoms with Gasteiger partial charge in [0.2, 0.25) is 0 Å². The third-order valence-corrected chi connectivity index (χ3v) is 6.57. The van der Waals surface area contributed by atoms with Crippen LogP contribution in [-0.2, 0) is 16.6 Å². The lowest BCUT2D eigenvalue weighted by Gasteiger charge is -2.22. The van der Waals surface area contributed by atoms with Crippen molar-refractivity contribution in [2.45, 2.75) is 49.5 Å². The fraction of sp³-hybridized carbons (Fsp3) is 0.333. The van der Waals surface area contributed by atoms with Crippen molar-refractivity contribution in [2.24, 2.45) is 0 Å². The van der Waals surface area contributed by atoms with Gasteiger partial charge in [-0.15, -0.1) is 0 Å². The normalized spacial score (nSPS) is 15.4. The predicted octanol–water partition coefficient (Wildman–Crippen LogP) is 4.17. The summed E-state index contributed by atoms with van der Waals surface area (Å²) in [5, 5.41) is 4.29. The molecule has 1 N–H and O–H groups in total. The predicted molar refractivity (Wildman–Crippen MR) is 109 cm³/mol. The second-order valence-electron chi connectivity index (χ2n) is 7.23. The first-order chi connectivity index (χ1) is 13.6. The first-order valence-electron chi connectivity index (χ1n) is 9.66. The van der Waals surface area contributed by atoms with Gasteiger partial charge in [-0.05, 0) is 48.6 Å². The van der Waals surface area contributed by atoms with Crippen molar-refractivity contribution in [2.75, 3.05) is 4.72 Å². The summed E-state index contributed by atoms with van der Waals surface area (Å²) >= 11 is 0. The molecule has 2 aromatic heterocycles. The average molecular weight is 397 g/mol. The third-order valence-electron chi connectivity index (χ3n) is 5.20. The van der Waals surface area contributed by atoms with Crippen LogP contribution in [0.3, 0.4) is 0 Å². The van der Waals surface area contributed by atoms with Gasteiger partial charge < -0.3 is 0 Å². The Labute approximate surface area is 165 Å². The van der Waals surface area contributed by atoms with Gasteiger partial charge in [-0.1, -0.05) is 37.5 Å². The number of nitrogens with one attached hydrogen (secondary N) is 1. The Hall–Kier alpha value is -2.67. The van der Waals surface area contributed by atoms with E-state index < -0.39 is 10.0 Å². The summed E-state index contributed by atoms with van der Waals surface area (Å²) < 4.78 is 29.6. The average Bonchev–Trinajstić information content (AvgIpc) is 3.15. The molecule has 4 rings (SSSR count). The zero-order valence-corrected chi connectivity index (χ0v) is 16.5. The summed E-state index contributed by atoms with van der Waals surface area (Å²) in [7, 11) is -3.66. The van der Waals surface area contributed by atoms with Crippen molar-refractivity contribution in [1.82, 2.24) is 14.8 Å². The second-order valence-corrected chi connectivity index (χ2v) is 8.91. The molecule has 146 valence electrons. The van der Waals surface area contributed by atoms with E-state index in [0.29, 0.717) is 18.3 Å². The molecule has 0 aliphatic heterocycles. The smallest absolute Gasteiger partial charge is 0.263 e. The van der Waals surface area contributed by atoms with Gasteiger partial charge in [-0.2, -0.15) is 5.10 Å². The number of rotatable bonds is 6. The van der Waals surface area contributed by atoms with E-state index in [0.717, 1.165) is 5.69 Å². The van der Waals surface area contributed by atoms with E-state index in [1.807, 2.05) is 30.3 Å². The zero-order valence-electron chi connectivity index (χ0n) is 15.7.